The predicted octanol–water partition coefficient (Wildman–Crippen LogP) is 1.33. The Balaban J connectivity index is 1.89. The molecule has 5 nitrogen and oxygen atoms in total. The molecule has 0 aliphatic rings. The SMILES string of the molecule is O=C(NCCn1ncccc1=O)c1ccc(Cl)cc1. The Morgan fingerprint density at radius 2 is 2.00 bits per heavy atom. The lowest BCUT2D eigenvalue weighted by Gasteiger charge is -2.06. The Labute approximate surface area is 114 Å². The number of hydrogen-bond donors (Lipinski definition) is 1. The van der Waals surface area contributed by atoms with Crippen molar-refractivity contribution in [2.75, 3.05) is 6.54 Å². The molecular formula is C13H12ClN3O2. The van der Waals surface area contributed by atoms with Crippen molar-refractivity contribution in [1.82, 2.24) is 15.1 Å². The molecule has 0 aliphatic carbocycles. The van der Waals surface area contributed by atoms with Crippen molar-refractivity contribution in [3.8, 4) is 0 Å². The molecule has 19 heavy (non-hydrogen) atoms. The Kier molecular flexibility index (Phi) is 4.30. The van der Waals surface area contributed by atoms with Crippen molar-refractivity contribution in [2.24, 2.45) is 0 Å². The first-order valence-corrected chi connectivity index (χ1v) is 6.10. The van der Waals surface area contributed by atoms with Gasteiger partial charge >= 0.3 is 0 Å². The van der Waals surface area contributed by atoms with Gasteiger partial charge in [-0.15, -0.1) is 0 Å². The number of rotatable bonds is 4. The summed E-state index contributed by atoms with van der Waals surface area (Å²) < 4.78 is 1.29. The number of carbonyl (C=O) groups excluding carboxylic acids is 1. The summed E-state index contributed by atoms with van der Waals surface area (Å²) in [5.74, 6) is -0.208. The van der Waals surface area contributed by atoms with Crippen LogP contribution in [-0.4, -0.2) is 22.2 Å². The van der Waals surface area contributed by atoms with Crippen molar-refractivity contribution in [3.63, 3.8) is 0 Å². The van der Waals surface area contributed by atoms with E-state index >= 15 is 0 Å². The number of aromatic nitrogens is 2. The lowest BCUT2D eigenvalue weighted by molar-refractivity contribution is 0.0951. The number of halogens is 1. The van der Waals surface area contributed by atoms with Gasteiger partial charge in [0.25, 0.3) is 11.5 Å². The number of hydrogen-bond acceptors (Lipinski definition) is 3. The molecule has 98 valence electrons. The molecular weight excluding hydrogens is 266 g/mol. The van der Waals surface area contributed by atoms with E-state index in [0.29, 0.717) is 23.7 Å². The number of nitrogens with one attached hydrogen (secondary N) is 1. The van der Waals surface area contributed by atoms with E-state index in [1.165, 1.54) is 16.9 Å². The van der Waals surface area contributed by atoms with Gasteiger partial charge in [-0.25, -0.2) is 4.68 Å². The minimum Gasteiger partial charge on any atom is -0.350 e. The van der Waals surface area contributed by atoms with Gasteiger partial charge in [-0.2, -0.15) is 5.10 Å². The Morgan fingerprint density at radius 3 is 2.68 bits per heavy atom. The first-order chi connectivity index (χ1) is 9.16. The molecule has 0 unspecified atom stereocenters. The summed E-state index contributed by atoms with van der Waals surface area (Å²) in [6.45, 7) is 0.664. The number of benzene rings is 1. The molecule has 0 aliphatic heterocycles. The van der Waals surface area contributed by atoms with Crippen molar-refractivity contribution >= 4 is 17.5 Å². The maximum absolute atomic E-state index is 11.8. The summed E-state index contributed by atoms with van der Waals surface area (Å²) in [5.41, 5.74) is 0.334. The second-order valence-corrected chi connectivity index (χ2v) is 4.28. The van der Waals surface area contributed by atoms with E-state index in [2.05, 4.69) is 10.4 Å². The fourth-order valence-electron chi connectivity index (χ4n) is 1.53. The number of carbonyl (C=O) groups is 1. The second kappa shape index (κ2) is 6.15. The van der Waals surface area contributed by atoms with Crippen LogP contribution in [0.4, 0.5) is 0 Å². The van der Waals surface area contributed by atoms with Crippen molar-refractivity contribution in [2.45, 2.75) is 6.54 Å². The fourth-order valence-corrected chi connectivity index (χ4v) is 1.66. The zero-order valence-electron chi connectivity index (χ0n) is 10.0. The third-order valence-corrected chi connectivity index (χ3v) is 2.75. The third-order valence-electron chi connectivity index (χ3n) is 2.50. The highest BCUT2D eigenvalue weighted by molar-refractivity contribution is 6.30. The first kappa shape index (κ1) is 13.3. The van der Waals surface area contributed by atoms with E-state index < -0.39 is 0 Å². The van der Waals surface area contributed by atoms with Crippen LogP contribution in [0, 0.1) is 0 Å². The van der Waals surface area contributed by atoms with Crippen LogP contribution >= 0.6 is 11.6 Å². The topological polar surface area (TPSA) is 64.0 Å². The van der Waals surface area contributed by atoms with E-state index in [4.69, 9.17) is 11.6 Å². The van der Waals surface area contributed by atoms with Gasteiger partial charge in [0, 0.05) is 29.4 Å². The van der Waals surface area contributed by atoms with Gasteiger partial charge in [0.15, 0.2) is 0 Å². The van der Waals surface area contributed by atoms with Crippen LogP contribution in [0.5, 0.6) is 0 Å². The first-order valence-electron chi connectivity index (χ1n) is 5.73. The molecule has 0 atom stereocenters. The summed E-state index contributed by atoms with van der Waals surface area (Å²) in [4.78, 5) is 23.1. The fraction of sp³-hybridized carbons (Fsp3) is 0.154. The van der Waals surface area contributed by atoms with E-state index in [1.54, 1.807) is 30.3 Å². The normalized spacial score (nSPS) is 10.2. The van der Waals surface area contributed by atoms with Gasteiger partial charge in [0.2, 0.25) is 0 Å². The Morgan fingerprint density at radius 1 is 1.26 bits per heavy atom. The van der Waals surface area contributed by atoms with Crippen LogP contribution in [0.1, 0.15) is 10.4 Å². The highest BCUT2D eigenvalue weighted by Crippen LogP contribution is 2.09. The summed E-state index contributed by atoms with van der Waals surface area (Å²) >= 11 is 5.74. The maximum Gasteiger partial charge on any atom is 0.266 e. The zero-order valence-corrected chi connectivity index (χ0v) is 10.8. The van der Waals surface area contributed by atoms with Crippen molar-refractivity contribution in [1.29, 1.82) is 0 Å². The second-order valence-electron chi connectivity index (χ2n) is 3.85. The van der Waals surface area contributed by atoms with Crippen LogP contribution in [-0.2, 0) is 6.54 Å². The molecule has 2 aromatic rings. The Bertz CT molecular complexity index is 622. The molecule has 0 fully saturated rings. The summed E-state index contributed by atoms with van der Waals surface area (Å²) in [5, 5.41) is 7.19. The summed E-state index contributed by atoms with van der Waals surface area (Å²) in [6, 6.07) is 9.59. The molecule has 1 aromatic heterocycles. The standard InChI is InChI=1S/C13H12ClN3O2/c14-11-5-3-10(4-6-11)13(19)15-8-9-17-12(18)2-1-7-16-17/h1-7H,8-9H2,(H,15,19). The maximum atomic E-state index is 11.8. The van der Waals surface area contributed by atoms with Gasteiger partial charge in [0.1, 0.15) is 0 Å². The molecule has 1 aromatic carbocycles. The lowest BCUT2D eigenvalue weighted by Crippen LogP contribution is -2.31. The average molecular weight is 278 g/mol. The van der Waals surface area contributed by atoms with Gasteiger partial charge in [-0.3, -0.25) is 9.59 Å². The largest absolute Gasteiger partial charge is 0.350 e. The van der Waals surface area contributed by atoms with Gasteiger partial charge in [-0.1, -0.05) is 11.6 Å². The zero-order chi connectivity index (χ0) is 13.7. The Hall–Kier alpha value is -2.14. The summed E-state index contributed by atoms with van der Waals surface area (Å²) in [7, 11) is 0. The monoisotopic (exact) mass is 277 g/mol. The van der Waals surface area contributed by atoms with E-state index in [9.17, 15) is 9.59 Å². The molecule has 0 saturated heterocycles. The summed E-state index contributed by atoms with van der Waals surface area (Å²) in [6.07, 6.45) is 1.53. The molecule has 1 amide bonds. The molecule has 0 spiro atoms. The van der Waals surface area contributed by atoms with Crippen LogP contribution < -0.4 is 10.9 Å². The van der Waals surface area contributed by atoms with Crippen molar-refractivity contribution < 1.29 is 4.79 Å². The molecule has 1 N–H and O–H groups in total. The number of nitrogens with zero attached hydrogens (tertiary/aromatic N) is 2. The van der Waals surface area contributed by atoms with Crippen LogP contribution in [0.25, 0.3) is 0 Å². The predicted molar refractivity (Wildman–Crippen MR) is 72.3 cm³/mol. The molecule has 1 heterocycles. The van der Waals surface area contributed by atoms with Gasteiger partial charge in [0.05, 0.1) is 6.54 Å². The lowest BCUT2D eigenvalue weighted by atomic mass is 10.2. The molecule has 2 rings (SSSR count). The highest BCUT2D eigenvalue weighted by atomic mass is 35.5. The molecule has 6 heteroatoms. The minimum atomic E-state index is -0.208. The quantitative estimate of drug-likeness (QED) is 0.917. The van der Waals surface area contributed by atoms with Gasteiger partial charge < -0.3 is 5.32 Å². The molecule has 0 bridgehead atoms. The number of amides is 1. The minimum absolute atomic E-state index is 0.191. The molecule has 0 radical (unpaired) electrons. The van der Waals surface area contributed by atoms with E-state index in [0.717, 1.165) is 0 Å². The van der Waals surface area contributed by atoms with Crippen LogP contribution in [0.3, 0.4) is 0 Å². The average Bonchev–Trinajstić information content (AvgIpc) is 2.41. The van der Waals surface area contributed by atoms with Crippen molar-refractivity contribution in [3.05, 3.63) is 63.5 Å². The van der Waals surface area contributed by atoms with Gasteiger partial charge in [-0.05, 0) is 30.3 Å². The van der Waals surface area contributed by atoms with E-state index in [1.807, 2.05) is 0 Å². The highest BCUT2D eigenvalue weighted by Gasteiger charge is 2.04. The van der Waals surface area contributed by atoms with Crippen LogP contribution in [0.15, 0.2) is 47.4 Å². The van der Waals surface area contributed by atoms with Crippen LogP contribution in [0.2, 0.25) is 5.02 Å². The molecule has 0 saturated carbocycles. The van der Waals surface area contributed by atoms with E-state index in [-0.39, 0.29) is 11.5 Å². The smallest absolute Gasteiger partial charge is 0.266 e. The third kappa shape index (κ3) is 3.66.